The molecule has 0 spiro atoms. The largest absolute Gasteiger partial charge is 0.497 e. The maximum absolute atomic E-state index is 13.8. The Morgan fingerprint density at radius 2 is 1.78 bits per heavy atom. The molecule has 0 unspecified atom stereocenters. The molecule has 1 atom stereocenters. The summed E-state index contributed by atoms with van der Waals surface area (Å²) in [5.74, 6) is 0.441. The van der Waals surface area contributed by atoms with E-state index >= 15 is 0 Å². The van der Waals surface area contributed by atoms with Gasteiger partial charge in [-0.25, -0.2) is 0 Å². The molecule has 6 nitrogen and oxygen atoms in total. The van der Waals surface area contributed by atoms with Crippen LogP contribution in [0, 0.1) is 0 Å². The van der Waals surface area contributed by atoms with Gasteiger partial charge in [0.1, 0.15) is 17.0 Å². The molecular weight excluding hydrogens is 402 g/mol. The zero-order chi connectivity index (χ0) is 22.3. The molecule has 5 rings (SSSR count). The highest BCUT2D eigenvalue weighted by atomic mass is 16.5. The van der Waals surface area contributed by atoms with Crippen LogP contribution in [-0.2, 0) is 11.3 Å². The van der Waals surface area contributed by atoms with E-state index in [2.05, 4.69) is 5.32 Å². The molecule has 0 saturated heterocycles. The third-order valence-electron chi connectivity index (χ3n) is 6.95. The third kappa shape index (κ3) is 3.34. The Kier molecular flexibility index (Phi) is 5.16. The van der Waals surface area contributed by atoms with Crippen molar-refractivity contribution in [2.24, 2.45) is 0 Å². The second-order valence-electron chi connectivity index (χ2n) is 9.10. The Morgan fingerprint density at radius 3 is 2.50 bits per heavy atom. The van der Waals surface area contributed by atoms with E-state index in [0.29, 0.717) is 23.7 Å². The van der Waals surface area contributed by atoms with Crippen LogP contribution < -0.4 is 15.0 Å². The number of hydrogen-bond donors (Lipinski definition) is 1. The Hall–Kier alpha value is -3.28. The third-order valence-corrected chi connectivity index (χ3v) is 6.95. The molecule has 6 heteroatoms. The highest BCUT2D eigenvalue weighted by Crippen LogP contribution is 2.36. The van der Waals surface area contributed by atoms with Crippen molar-refractivity contribution in [3.63, 3.8) is 0 Å². The maximum Gasteiger partial charge on any atom is 0.275 e. The summed E-state index contributed by atoms with van der Waals surface area (Å²) in [6.07, 6.45) is 5.48. The lowest BCUT2D eigenvalue weighted by molar-refractivity contribution is -0.127. The lowest BCUT2D eigenvalue weighted by atomic mass is 9.91. The van der Waals surface area contributed by atoms with Crippen LogP contribution >= 0.6 is 0 Å². The molecule has 2 heterocycles. The van der Waals surface area contributed by atoms with Crippen LogP contribution in [0.5, 0.6) is 5.75 Å². The summed E-state index contributed by atoms with van der Waals surface area (Å²) in [5, 5.41) is 4.27. The van der Waals surface area contributed by atoms with E-state index in [-0.39, 0.29) is 17.9 Å². The minimum Gasteiger partial charge on any atom is -0.497 e. The van der Waals surface area contributed by atoms with Crippen LogP contribution in [-0.4, -0.2) is 35.1 Å². The normalized spacial score (nSPS) is 21.4. The van der Waals surface area contributed by atoms with Crippen molar-refractivity contribution < 1.29 is 14.3 Å². The van der Waals surface area contributed by atoms with E-state index in [1.807, 2.05) is 66.1 Å². The molecule has 0 radical (unpaired) electrons. The van der Waals surface area contributed by atoms with Gasteiger partial charge in [0.15, 0.2) is 0 Å². The number of para-hydroxylation sites is 1. The van der Waals surface area contributed by atoms with Crippen molar-refractivity contribution in [3.8, 4) is 5.75 Å². The topological polar surface area (TPSA) is 63.6 Å². The summed E-state index contributed by atoms with van der Waals surface area (Å²) in [4.78, 5) is 29.3. The SMILES string of the molecule is COc1ccc(N2C(=O)c3cc4ccccc4n3C[C@@]2(C)C(=O)NC2CCCCC2)cc1. The van der Waals surface area contributed by atoms with Crippen LogP contribution in [0.25, 0.3) is 10.9 Å². The number of carbonyl (C=O) groups is 2. The van der Waals surface area contributed by atoms with Crippen LogP contribution in [0.2, 0.25) is 0 Å². The number of hydrogen-bond acceptors (Lipinski definition) is 3. The smallest absolute Gasteiger partial charge is 0.275 e. The van der Waals surface area contributed by atoms with Gasteiger partial charge in [0.2, 0.25) is 5.91 Å². The Morgan fingerprint density at radius 1 is 1.06 bits per heavy atom. The first-order chi connectivity index (χ1) is 15.5. The predicted molar refractivity (Wildman–Crippen MR) is 125 cm³/mol. The molecule has 2 aromatic carbocycles. The van der Waals surface area contributed by atoms with Crippen molar-refractivity contribution >= 4 is 28.4 Å². The van der Waals surface area contributed by atoms with E-state index in [0.717, 1.165) is 36.6 Å². The van der Waals surface area contributed by atoms with Gasteiger partial charge in [-0.05, 0) is 56.2 Å². The van der Waals surface area contributed by atoms with E-state index in [9.17, 15) is 9.59 Å². The van der Waals surface area contributed by atoms with Crippen LogP contribution in [0.4, 0.5) is 5.69 Å². The number of ether oxygens (including phenoxy) is 1. The summed E-state index contributed by atoms with van der Waals surface area (Å²) in [7, 11) is 1.61. The summed E-state index contributed by atoms with van der Waals surface area (Å²) in [5.41, 5.74) is 1.21. The highest BCUT2D eigenvalue weighted by Gasteiger charge is 2.49. The molecule has 166 valence electrons. The molecule has 2 amide bonds. The van der Waals surface area contributed by atoms with Gasteiger partial charge in [-0.15, -0.1) is 0 Å². The quantitative estimate of drug-likeness (QED) is 0.661. The first-order valence-corrected chi connectivity index (χ1v) is 11.4. The van der Waals surface area contributed by atoms with E-state index in [4.69, 9.17) is 4.74 Å². The first-order valence-electron chi connectivity index (χ1n) is 11.4. The lowest BCUT2D eigenvalue weighted by Gasteiger charge is -2.44. The number of anilines is 1. The molecule has 1 fully saturated rings. The van der Waals surface area contributed by atoms with Gasteiger partial charge >= 0.3 is 0 Å². The Labute approximate surface area is 188 Å². The van der Waals surface area contributed by atoms with Gasteiger partial charge in [-0.3, -0.25) is 14.5 Å². The monoisotopic (exact) mass is 431 g/mol. The number of carbonyl (C=O) groups excluding carboxylic acids is 2. The molecular formula is C26H29N3O3. The molecule has 1 aromatic heterocycles. The second kappa shape index (κ2) is 8.01. The molecule has 2 aliphatic rings. The zero-order valence-electron chi connectivity index (χ0n) is 18.6. The second-order valence-corrected chi connectivity index (χ2v) is 9.10. The number of amides is 2. The molecule has 1 aliphatic heterocycles. The highest BCUT2D eigenvalue weighted by molar-refractivity contribution is 6.14. The van der Waals surface area contributed by atoms with Gasteiger partial charge in [0, 0.05) is 22.6 Å². The maximum atomic E-state index is 13.8. The number of fused-ring (bicyclic) bond motifs is 3. The number of methoxy groups -OCH3 is 1. The fraction of sp³-hybridized carbons (Fsp3) is 0.385. The average Bonchev–Trinajstić information content (AvgIpc) is 3.19. The summed E-state index contributed by atoms with van der Waals surface area (Å²) in [6, 6.07) is 17.4. The minimum absolute atomic E-state index is 0.100. The number of rotatable bonds is 4. The first kappa shape index (κ1) is 20.6. The molecule has 32 heavy (non-hydrogen) atoms. The molecule has 0 bridgehead atoms. The zero-order valence-corrected chi connectivity index (χ0v) is 18.6. The van der Waals surface area contributed by atoms with Crippen LogP contribution in [0.1, 0.15) is 49.5 Å². The fourth-order valence-electron chi connectivity index (χ4n) is 5.17. The summed E-state index contributed by atoms with van der Waals surface area (Å²) < 4.78 is 7.29. The standard InChI is InChI=1S/C26H29N3O3/c1-26(25(31)27-19-9-4-3-5-10-19)17-28-22-11-7-6-8-18(22)16-23(28)24(30)29(26)20-12-14-21(32-2)15-13-20/h6-8,11-16,19H,3-5,9-10,17H2,1-2H3,(H,27,31)/t26-/m0/s1. The molecule has 3 aromatic rings. The average molecular weight is 432 g/mol. The summed E-state index contributed by atoms with van der Waals surface area (Å²) in [6.45, 7) is 2.27. The molecule has 1 N–H and O–H groups in total. The molecule has 1 aliphatic carbocycles. The molecule has 1 saturated carbocycles. The van der Waals surface area contributed by atoms with Crippen LogP contribution in [0.3, 0.4) is 0 Å². The van der Waals surface area contributed by atoms with Gasteiger partial charge < -0.3 is 14.6 Å². The number of aromatic nitrogens is 1. The Bertz CT molecular complexity index is 1160. The number of benzene rings is 2. The number of nitrogens with one attached hydrogen (secondary N) is 1. The van der Waals surface area contributed by atoms with E-state index < -0.39 is 5.54 Å². The van der Waals surface area contributed by atoms with Crippen molar-refractivity contribution in [1.29, 1.82) is 0 Å². The van der Waals surface area contributed by atoms with Gasteiger partial charge in [-0.1, -0.05) is 37.5 Å². The predicted octanol–water partition coefficient (Wildman–Crippen LogP) is 4.52. The fourth-order valence-corrected chi connectivity index (χ4v) is 5.17. The van der Waals surface area contributed by atoms with Crippen molar-refractivity contribution in [2.45, 2.75) is 57.2 Å². The van der Waals surface area contributed by atoms with Gasteiger partial charge in [0.05, 0.1) is 13.7 Å². The minimum atomic E-state index is -1.06. The Balaban J connectivity index is 1.60. The van der Waals surface area contributed by atoms with Crippen molar-refractivity contribution in [1.82, 2.24) is 9.88 Å². The van der Waals surface area contributed by atoms with Crippen molar-refractivity contribution in [2.75, 3.05) is 12.0 Å². The number of nitrogens with zero attached hydrogens (tertiary/aromatic N) is 2. The van der Waals surface area contributed by atoms with Crippen molar-refractivity contribution in [3.05, 3.63) is 60.3 Å². The lowest BCUT2D eigenvalue weighted by Crippen LogP contribution is -2.65. The summed E-state index contributed by atoms with van der Waals surface area (Å²) >= 11 is 0. The van der Waals surface area contributed by atoms with Gasteiger partial charge in [-0.2, -0.15) is 0 Å². The van der Waals surface area contributed by atoms with E-state index in [1.54, 1.807) is 12.0 Å². The van der Waals surface area contributed by atoms with Gasteiger partial charge in [0.25, 0.3) is 5.91 Å². The van der Waals surface area contributed by atoms with Crippen LogP contribution in [0.15, 0.2) is 54.6 Å². The van der Waals surface area contributed by atoms with E-state index in [1.165, 1.54) is 6.42 Å².